The van der Waals surface area contributed by atoms with Gasteiger partial charge < -0.3 is 45.1 Å². The minimum atomic E-state index is -1.64. The molecular formula is C80H131NO10. The van der Waals surface area contributed by atoms with Crippen LogP contribution < -0.4 is 5.32 Å². The molecule has 1 rings (SSSR count). The summed E-state index contributed by atoms with van der Waals surface area (Å²) in [6.07, 6.45) is 85.5. The number of rotatable bonds is 60. The Morgan fingerprint density at radius 2 is 0.791 bits per heavy atom. The summed E-state index contributed by atoms with van der Waals surface area (Å²) in [5.74, 6) is -1.23. The molecule has 0 aromatic rings. The normalized spacial score (nSPS) is 19.0. The fourth-order valence-electron chi connectivity index (χ4n) is 10.3. The van der Waals surface area contributed by atoms with Crippen LogP contribution in [0, 0.1) is 0 Å². The van der Waals surface area contributed by atoms with Gasteiger partial charge in [-0.1, -0.05) is 294 Å². The molecule has 6 N–H and O–H groups in total. The summed E-state index contributed by atoms with van der Waals surface area (Å²) in [6, 6.07) is -1.05. The van der Waals surface area contributed by atoms with E-state index in [1.807, 2.05) is 6.08 Å². The highest BCUT2D eigenvalue weighted by Crippen LogP contribution is 2.26. The third kappa shape index (κ3) is 52.4. The maximum Gasteiger partial charge on any atom is 0.306 e. The van der Waals surface area contributed by atoms with E-state index >= 15 is 0 Å². The van der Waals surface area contributed by atoms with Gasteiger partial charge in [0.2, 0.25) is 5.91 Å². The Labute approximate surface area is 555 Å². The quantitative estimate of drug-likeness (QED) is 0.0195. The molecule has 0 aromatic carbocycles. The van der Waals surface area contributed by atoms with Crippen molar-refractivity contribution in [3.8, 4) is 0 Å². The van der Waals surface area contributed by atoms with Crippen molar-refractivity contribution in [1.82, 2.24) is 5.32 Å². The highest BCUT2D eigenvalue weighted by atomic mass is 16.7. The van der Waals surface area contributed by atoms with E-state index in [1.54, 1.807) is 6.08 Å². The van der Waals surface area contributed by atoms with E-state index in [1.165, 1.54) is 51.4 Å². The average Bonchev–Trinajstić information content (AvgIpc) is 1.09. The molecule has 8 atom stereocenters. The van der Waals surface area contributed by atoms with Gasteiger partial charge in [-0.3, -0.25) is 9.59 Å². The Morgan fingerprint density at radius 3 is 1.19 bits per heavy atom. The van der Waals surface area contributed by atoms with Crippen LogP contribution in [0.3, 0.4) is 0 Å². The lowest BCUT2D eigenvalue weighted by Gasteiger charge is -2.41. The second kappa shape index (κ2) is 65.3. The van der Waals surface area contributed by atoms with E-state index in [9.17, 15) is 35.1 Å². The maximum atomic E-state index is 13.5. The van der Waals surface area contributed by atoms with Crippen LogP contribution in [0.25, 0.3) is 0 Å². The molecule has 0 aliphatic carbocycles. The predicted octanol–water partition coefficient (Wildman–Crippen LogP) is 19.1. The molecule has 91 heavy (non-hydrogen) atoms. The van der Waals surface area contributed by atoms with Gasteiger partial charge in [-0.05, 0) is 128 Å². The summed E-state index contributed by atoms with van der Waals surface area (Å²) in [5.41, 5.74) is 0. The minimum absolute atomic E-state index is 0.0948. The van der Waals surface area contributed by atoms with Crippen molar-refractivity contribution < 1.29 is 49.3 Å². The van der Waals surface area contributed by atoms with Crippen LogP contribution in [-0.4, -0.2) is 99.6 Å². The second-order valence-corrected chi connectivity index (χ2v) is 24.2. The molecule has 516 valence electrons. The summed E-state index contributed by atoms with van der Waals surface area (Å²) < 4.78 is 17.7. The van der Waals surface area contributed by atoms with Crippen LogP contribution in [0.2, 0.25) is 0 Å². The van der Waals surface area contributed by atoms with Crippen molar-refractivity contribution in [2.45, 2.75) is 320 Å². The van der Waals surface area contributed by atoms with Gasteiger partial charge in [0.25, 0.3) is 0 Å². The van der Waals surface area contributed by atoms with Crippen LogP contribution in [-0.2, 0) is 23.8 Å². The molecule has 0 aromatic heterocycles. The lowest BCUT2D eigenvalue weighted by Crippen LogP contribution is -2.61. The lowest BCUT2D eigenvalue weighted by molar-refractivity contribution is -0.305. The zero-order valence-corrected chi connectivity index (χ0v) is 57.4. The van der Waals surface area contributed by atoms with Crippen LogP contribution in [0.15, 0.2) is 158 Å². The number of unbranched alkanes of at least 4 members (excludes halogenated alkanes) is 22. The number of hydrogen-bond donors (Lipinski definition) is 6. The highest BCUT2D eigenvalue weighted by molar-refractivity contribution is 5.80. The van der Waals surface area contributed by atoms with E-state index in [-0.39, 0.29) is 19.4 Å². The number of allylic oxidation sites excluding steroid dienone is 25. The lowest BCUT2D eigenvalue weighted by atomic mass is 9.99. The summed E-state index contributed by atoms with van der Waals surface area (Å²) in [7, 11) is 0. The van der Waals surface area contributed by atoms with Crippen molar-refractivity contribution in [1.29, 1.82) is 0 Å². The zero-order valence-electron chi connectivity index (χ0n) is 57.4. The third-order valence-electron chi connectivity index (χ3n) is 15.9. The van der Waals surface area contributed by atoms with Crippen molar-refractivity contribution in [3.05, 3.63) is 158 Å². The molecular weight excluding hydrogens is 1130 g/mol. The number of esters is 1. The van der Waals surface area contributed by atoms with Gasteiger partial charge in [-0.25, -0.2) is 0 Å². The first kappa shape index (κ1) is 84.3. The van der Waals surface area contributed by atoms with E-state index in [0.29, 0.717) is 12.8 Å². The SMILES string of the molecule is CC/C=C\C/C=C\C/C=C\C/C=C\C/C=C\C/C=C\CCCCCCCCC(=O)OC1C(OCC(NC(=O)C(O)CCCCCCC/C=C\C/C=C\C/C=C\C/C=C\C/C=C\C/C=C\CC)C(O)/C=C/CCCCCCCCCCCCC)OC(CO)C(O)C1O. The number of amides is 1. The molecule has 1 amide bonds. The van der Waals surface area contributed by atoms with Crippen molar-refractivity contribution in [2.24, 2.45) is 0 Å². The number of ether oxygens (including phenoxy) is 3. The monoisotopic (exact) mass is 1270 g/mol. The Hall–Kier alpha value is -4.72. The maximum absolute atomic E-state index is 13.5. The largest absolute Gasteiger partial charge is 0.454 e. The van der Waals surface area contributed by atoms with Gasteiger partial charge in [0.1, 0.15) is 24.4 Å². The number of aliphatic hydroxyl groups is 5. The van der Waals surface area contributed by atoms with Crippen LogP contribution >= 0.6 is 0 Å². The topological polar surface area (TPSA) is 175 Å². The first-order valence-corrected chi connectivity index (χ1v) is 36.3. The molecule has 1 aliphatic rings. The van der Waals surface area contributed by atoms with Gasteiger partial charge in [0, 0.05) is 6.42 Å². The summed E-state index contributed by atoms with van der Waals surface area (Å²) in [4.78, 5) is 26.7. The standard InChI is InChI=1S/C80H131NO10/c1-4-7-10-13-16-19-22-25-27-29-31-33-35-37-39-41-43-45-47-50-53-56-59-62-65-68-75(85)91-78-77(87)76(86)74(69-82)90-80(78)89-70-71(72(83)66-63-60-57-54-51-48-24-21-18-15-12-9-6-3)81-79(88)73(84)67-64-61-58-55-52-49-46-44-42-40-38-36-34-32-30-28-26-23-20-17-14-11-8-5-2/h7-8,10-11,16-17,19-20,25-28,31-34,37-40,43-46,63,66,71-74,76-78,80,82-84,86-87H,4-6,9,12-15,18,21-24,29-30,35-36,41-42,47-62,64-65,67-70H2,1-3H3,(H,81,88)/b10-7-,11-8-,19-16-,20-17-,27-25-,28-26-,33-31-,34-32-,39-37-,40-38-,45-43-,46-44-,66-63+. The molecule has 0 bridgehead atoms. The second-order valence-electron chi connectivity index (χ2n) is 24.2. The van der Waals surface area contributed by atoms with Crippen molar-refractivity contribution >= 4 is 11.9 Å². The highest BCUT2D eigenvalue weighted by Gasteiger charge is 2.47. The van der Waals surface area contributed by atoms with Crippen molar-refractivity contribution in [2.75, 3.05) is 13.2 Å². The van der Waals surface area contributed by atoms with Gasteiger partial charge in [0.05, 0.1) is 25.4 Å². The molecule has 11 heteroatoms. The summed E-state index contributed by atoms with van der Waals surface area (Å²) >= 11 is 0. The summed E-state index contributed by atoms with van der Waals surface area (Å²) in [5, 5.41) is 57.3. The minimum Gasteiger partial charge on any atom is -0.454 e. The van der Waals surface area contributed by atoms with Gasteiger partial charge in [0.15, 0.2) is 12.4 Å². The molecule has 11 nitrogen and oxygen atoms in total. The smallest absolute Gasteiger partial charge is 0.306 e. The first-order valence-electron chi connectivity index (χ1n) is 36.3. The van der Waals surface area contributed by atoms with E-state index in [2.05, 4.69) is 172 Å². The van der Waals surface area contributed by atoms with Gasteiger partial charge >= 0.3 is 5.97 Å². The molecule has 8 unspecified atom stereocenters. The predicted molar refractivity (Wildman–Crippen MR) is 383 cm³/mol. The Morgan fingerprint density at radius 1 is 0.440 bits per heavy atom. The van der Waals surface area contributed by atoms with E-state index < -0.39 is 67.4 Å². The van der Waals surface area contributed by atoms with Crippen LogP contribution in [0.1, 0.15) is 271 Å². The summed E-state index contributed by atoms with van der Waals surface area (Å²) in [6.45, 7) is 5.55. The average molecular weight is 1270 g/mol. The number of carbonyl (C=O) groups is 2. The fraction of sp³-hybridized carbons (Fsp3) is 0.650. The Kier molecular flexibility index (Phi) is 60.5. The van der Waals surface area contributed by atoms with Gasteiger partial charge in [-0.15, -0.1) is 0 Å². The first-order chi connectivity index (χ1) is 44.7. The molecule has 0 saturated carbocycles. The molecule has 1 heterocycles. The number of nitrogens with one attached hydrogen (secondary N) is 1. The molecule has 1 fully saturated rings. The van der Waals surface area contributed by atoms with Crippen LogP contribution in [0.4, 0.5) is 0 Å². The van der Waals surface area contributed by atoms with Crippen molar-refractivity contribution in [3.63, 3.8) is 0 Å². The van der Waals surface area contributed by atoms with E-state index in [4.69, 9.17) is 14.2 Å². The Balaban J connectivity index is 2.63. The molecule has 0 radical (unpaired) electrons. The number of hydrogen-bond acceptors (Lipinski definition) is 10. The Bertz CT molecular complexity index is 2090. The number of carbonyl (C=O) groups excluding carboxylic acids is 2. The fourth-order valence-corrected chi connectivity index (χ4v) is 10.3. The number of aliphatic hydroxyl groups excluding tert-OH is 5. The zero-order chi connectivity index (χ0) is 66.0. The van der Waals surface area contributed by atoms with Gasteiger partial charge in [-0.2, -0.15) is 0 Å². The molecule has 0 spiro atoms. The molecule has 1 saturated heterocycles. The third-order valence-corrected chi connectivity index (χ3v) is 15.9. The van der Waals surface area contributed by atoms with E-state index in [0.717, 1.165) is 173 Å². The van der Waals surface area contributed by atoms with Crippen LogP contribution in [0.5, 0.6) is 0 Å². The molecule has 1 aliphatic heterocycles.